The van der Waals surface area contributed by atoms with Gasteiger partial charge in [0.05, 0.1) is 25.0 Å². The van der Waals surface area contributed by atoms with Gasteiger partial charge < -0.3 is 15.4 Å². The van der Waals surface area contributed by atoms with Gasteiger partial charge in [0, 0.05) is 40.6 Å². The maximum atomic E-state index is 12.2. The van der Waals surface area contributed by atoms with E-state index in [0.717, 1.165) is 61.1 Å². The predicted octanol–water partition coefficient (Wildman–Crippen LogP) is 3.63. The predicted molar refractivity (Wildman–Crippen MR) is 138 cm³/mol. The van der Waals surface area contributed by atoms with Gasteiger partial charge in [-0.15, -0.1) is 24.0 Å². The van der Waals surface area contributed by atoms with Crippen LogP contribution >= 0.6 is 24.0 Å². The highest BCUT2D eigenvalue weighted by Gasteiger charge is 2.26. The smallest absolute Gasteiger partial charge is 0.191 e. The van der Waals surface area contributed by atoms with Crippen LogP contribution in [0.15, 0.2) is 41.5 Å². The first-order valence-electron chi connectivity index (χ1n) is 10.7. The van der Waals surface area contributed by atoms with E-state index < -0.39 is 10.8 Å². The molecule has 1 heterocycles. The number of nitrogens with one attached hydrogen (secondary N) is 2. The van der Waals surface area contributed by atoms with E-state index >= 15 is 0 Å². The van der Waals surface area contributed by atoms with E-state index in [1.54, 1.807) is 7.11 Å². The van der Waals surface area contributed by atoms with Crippen molar-refractivity contribution in [2.45, 2.75) is 57.4 Å². The summed E-state index contributed by atoms with van der Waals surface area (Å²) in [5.41, 5.74) is 1.88. The van der Waals surface area contributed by atoms with Gasteiger partial charge in [-0.1, -0.05) is 13.3 Å². The second-order valence-electron chi connectivity index (χ2n) is 7.44. The van der Waals surface area contributed by atoms with Crippen molar-refractivity contribution in [3.8, 4) is 11.4 Å². The van der Waals surface area contributed by atoms with Crippen LogP contribution in [0.1, 0.15) is 45.2 Å². The van der Waals surface area contributed by atoms with Crippen molar-refractivity contribution >= 4 is 40.7 Å². The average molecular weight is 560 g/mol. The quantitative estimate of drug-likeness (QED) is 0.294. The first-order valence-corrected chi connectivity index (χ1v) is 12.1. The maximum absolute atomic E-state index is 12.2. The molecule has 1 saturated carbocycles. The molecule has 1 aromatic carbocycles. The third-order valence-electron chi connectivity index (χ3n) is 5.35. The number of halogens is 1. The molecule has 2 aromatic rings. The van der Waals surface area contributed by atoms with E-state index in [-0.39, 0.29) is 24.0 Å². The van der Waals surface area contributed by atoms with Gasteiger partial charge in [-0.3, -0.25) is 4.21 Å². The molecule has 1 aliphatic rings. The summed E-state index contributed by atoms with van der Waals surface area (Å²) < 4.78 is 19.3. The number of rotatable bonds is 8. The Labute approximate surface area is 204 Å². The normalized spacial score (nSPS) is 19.9. The van der Waals surface area contributed by atoms with Crippen LogP contribution in [0.3, 0.4) is 0 Å². The molecule has 0 amide bonds. The van der Waals surface area contributed by atoms with Gasteiger partial charge in [0.25, 0.3) is 0 Å². The van der Waals surface area contributed by atoms with E-state index in [1.165, 1.54) is 0 Å². The second-order valence-corrected chi connectivity index (χ2v) is 9.45. The number of ether oxygens (including phenoxy) is 1. The van der Waals surface area contributed by atoms with Crippen LogP contribution in [0.4, 0.5) is 0 Å². The Morgan fingerprint density at radius 3 is 2.71 bits per heavy atom. The molecule has 2 N–H and O–H groups in total. The number of aliphatic imine (C=N–C) groups is 1. The van der Waals surface area contributed by atoms with Crippen molar-refractivity contribution in [3.05, 3.63) is 42.2 Å². The standard InChI is InChI=1S/C22H33N5O2S.HI/c1-4-23-22(25-17-7-6-8-21(15-17)30(28)5-2)24-16-18-13-14-27(26-18)19-9-11-20(29-3)12-10-19;/h9-14,17,21H,4-8,15-16H2,1-3H3,(H2,23,24,25);1H. The zero-order chi connectivity index (χ0) is 21.3. The molecule has 3 rings (SSSR count). The highest BCUT2D eigenvalue weighted by Crippen LogP contribution is 2.23. The van der Waals surface area contributed by atoms with Crippen molar-refractivity contribution in [1.82, 2.24) is 20.4 Å². The van der Waals surface area contributed by atoms with Crippen LogP contribution < -0.4 is 15.4 Å². The highest BCUT2D eigenvalue weighted by atomic mass is 127. The van der Waals surface area contributed by atoms with Crippen molar-refractivity contribution in [2.24, 2.45) is 4.99 Å². The lowest BCUT2D eigenvalue weighted by Gasteiger charge is -2.30. The monoisotopic (exact) mass is 559 g/mol. The molecule has 1 aromatic heterocycles. The Bertz CT molecular complexity index is 856. The molecular formula is C22H34IN5O2S. The lowest BCUT2D eigenvalue weighted by atomic mass is 9.95. The van der Waals surface area contributed by atoms with Crippen molar-refractivity contribution in [3.63, 3.8) is 0 Å². The zero-order valence-corrected chi connectivity index (χ0v) is 21.7. The van der Waals surface area contributed by atoms with Crippen LogP contribution in [0.25, 0.3) is 5.69 Å². The summed E-state index contributed by atoms with van der Waals surface area (Å²) in [7, 11) is 0.934. The van der Waals surface area contributed by atoms with Crippen LogP contribution in [-0.2, 0) is 17.3 Å². The Balaban J connectivity index is 0.00000341. The van der Waals surface area contributed by atoms with E-state index in [4.69, 9.17) is 9.73 Å². The molecule has 0 bridgehead atoms. The molecule has 3 atom stereocenters. The second kappa shape index (κ2) is 13.0. The van der Waals surface area contributed by atoms with Gasteiger partial charge in [-0.25, -0.2) is 9.67 Å². The molecule has 1 aliphatic carbocycles. The first-order chi connectivity index (χ1) is 14.6. The lowest BCUT2D eigenvalue weighted by Crippen LogP contribution is -2.46. The molecule has 172 valence electrons. The molecular weight excluding hydrogens is 525 g/mol. The van der Waals surface area contributed by atoms with E-state index in [0.29, 0.717) is 17.8 Å². The number of benzene rings is 1. The van der Waals surface area contributed by atoms with Crippen LogP contribution in [0.2, 0.25) is 0 Å². The zero-order valence-electron chi connectivity index (χ0n) is 18.5. The molecule has 0 aliphatic heterocycles. The van der Waals surface area contributed by atoms with E-state index in [2.05, 4.69) is 22.7 Å². The third-order valence-corrected chi connectivity index (χ3v) is 7.09. The Morgan fingerprint density at radius 2 is 2.03 bits per heavy atom. The van der Waals surface area contributed by atoms with E-state index in [9.17, 15) is 4.21 Å². The molecule has 9 heteroatoms. The fourth-order valence-electron chi connectivity index (χ4n) is 3.75. The topological polar surface area (TPSA) is 80.5 Å². The minimum Gasteiger partial charge on any atom is -0.497 e. The molecule has 3 unspecified atom stereocenters. The number of nitrogens with zero attached hydrogens (tertiary/aromatic N) is 3. The molecule has 0 spiro atoms. The lowest BCUT2D eigenvalue weighted by molar-refractivity contribution is 0.413. The van der Waals surface area contributed by atoms with Crippen molar-refractivity contribution < 1.29 is 8.95 Å². The molecule has 7 nitrogen and oxygen atoms in total. The van der Waals surface area contributed by atoms with Crippen LogP contribution in [-0.4, -0.2) is 50.6 Å². The van der Waals surface area contributed by atoms with E-state index in [1.807, 2.05) is 48.1 Å². The maximum Gasteiger partial charge on any atom is 0.191 e. The average Bonchev–Trinajstić information content (AvgIpc) is 3.26. The minimum absolute atomic E-state index is 0. The molecule has 0 radical (unpaired) electrons. The Hall–Kier alpha value is -1.62. The first kappa shape index (κ1) is 25.6. The van der Waals surface area contributed by atoms with Crippen LogP contribution in [0.5, 0.6) is 5.75 Å². The molecule has 0 saturated heterocycles. The van der Waals surface area contributed by atoms with Crippen LogP contribution in [0, 0.1) is 0 Å². The summed E-state index contributed by atoms with van der Waals surface area (Å²) in [6.45, 7) is 5.36. The van der Waals surface area contributed by atoms with Gasteiger partial charge in [-0.2, -0.15) is 5.10 Å². The largest absolute Gasteiger partial charge is 0.497 e. The summed E-state index contributed by atoms with van der Waals surface area (Å²) in [5.74, 6) is 2.36. The van der Waals surface area contributed by atoms with Gasteiger partial charge in [0.2, 0.25) is 0 Å². The third kappa shape index (κ3) is 7.48. The van der Waals surface area contributed by atoms with Crippen molar-refractivity contribution in [2.75, 3.05) is 19.4 Å². The number of hydrogen-bond donors (Lipinski definition) is 2. The molecule has 31 heavy (non-hydrogen) atoms. The van der Waals surface area contributed by atoms with Gasteiger partial charge >= 0.3 is 0 Å². The Kier molecular flexibility index (Phi) is 10.8. The van der Waals surface area contributed by atoms with Gasteiger partial charge in [-0.05, 0) is 56.5 Å². The fraction of sp³-hybridized carbons (Fsp3) is 0.545. The molecule has 1 fully saturated rings. The number of guanidine groups is 1. The minimum atomic E-state index is -0.725. The summed E-state index contributed by atoms with van der Waals surface area (Å²) in [5, 5.41) is 11.8. The number of methoxy groups -OCH3 is 1. The number of aromatic nitrogens is 2. The summed E-state index contributed by atoms with van der Waals surface area (Å²) >= 11 is 0. The summed E-state index contributed by atoms with van der Waals surface area (Å²) in [6, 6.07) is 10.1. The Morgan fingerprint density at radius 1 is 1.26 bits per heavy atom. The van der Waals surface area contributed by atoms with Gasteiger partial charge in [0.1, 0.15) is 5.75 Å². The fourth-order valence-corrected chi connectivity index (χ4v) is 5.10. The summed E-state index contributed by atoms with van der Waals surface area (Å²) in [4.78, 5) is 4.72. The highest BCUT2D eigenvalue weighted by molar-refractivity contribution is 14.0. The summed E-state index contributed by atoms with van der Waals surface area (Å²) in [6.07, 6.45) is 6.15. The van der Waals surface area contributed by atoms with Gasteiger partial charge in [0.15, 0.2) is 5.96 Å². The van der Waals surface area contributed by atoms with Crippen molar-refractivity contribution in [1.29, 1.82) is 0 Å². The SMILES string of the molecule is CCNC(=NCc1ccn(-c2ccc(OC)cc2)n1)NC1CCCC(S(=O)CC)C1.I. The number of hydrogen-bond acceptors (Lipinski definition) is 4.